The fourth-order valence-corrected chi connectivity index (χ4v) is 2.61. The van der Waals surface area contributed by atoms with Gasteiger partial charge in [-0.1, -0.05) is 31.2 Å². The van der Waals surface area contributed by atoms with Crippen LogP contribution in [0.15, 0.2) is 47.3 Å². The summed E-state index contributed by atoms with van der Waals surface area (Å²) in [6.45, 7) is 4.28. The number of rotatable bonds is 4. The standard InChI is InChI=1S/C17H19N3O/c1-3-12-6-4-5-7-14(12)18-11(2)13-8-9-15-16(10-13)20-17(21)19-15/h4-11,18H,3H2,1-2H3,(H2,19,20,21). The fraction of sp³-hybridized carbons (Fsp3) is 0.235. The molecule has 1 aromatic heterocycles. The van der Waals surface area contributed by atoms with Crippen LogP contribution in [0.2, 0.25) is 0 Å². The molecule has 3 N–H and O–H groups in total. The molecule has 21 heavy (non-hydrogen) atoms. The Balaban J connectivity index is 1.89. The van der Waals surface area contributed by atoms with Crippen molar-refractivity contribution in [3.05, 3.63) is 64.1 Å². The van der Waals surface area contributed by atoms with E-state index in [4.69, 9.17) is 0 Å². The van der Waals surface area contributed by atoms with Gasteiger partial charge in [-0.05, 0) is 42.7 Å². The van der Waals surface area contributed by atoms with Crippen molar-refractivity contribution in [3.63, 3.8) is 0 Å². The molecule has 3 aromatic rings. The van der Waals surface area contributed by atoms with Gasteiger partial charge in [0.05, 0.1) is 11.0 Å². The summed E-state index contributed by atoms with van der Waals surface area (Å²) in [6, 6.07) is 14.5. The Kier molecular flexibility index (Phi) is 3.52. The van der Waals surface area contributed by atoms with Crippen molar-refractivity contribution < 1.29 is 0 Å². The van der Waals surface area contributed by atoms with Gasteiger partial charge in [-0.25, -0.2) is 4.79 Å². The average Bonchev–Trinajstić information content (AvgIpc) is 2.86. The Bertz CT molecular complexity index is 816. The molecule has 1 heterocycles. The van der Waals surface area contributed by atoms with Crippen LogP contribution in [-0.2, 0) is 6.42 Å². The molecule has 0 fully saturated rings. The quantitative estimate of drug-likeness (QED) is 0.684. The van der Waals surface area contributed by atoms with Crippen LogP contribution in [0.3, 0.4) is 0 Å². The Labute approximate surface area is 123 Å². The Morgan fingerprint density at radius 3 is 2.67 bits per heavy atom. The molecule has 0 aliphatic carbocycles. The zero-order valence-corrected chi connectivity index (χ0v) is 12.2. The van der Waals surface area contributed by atoms with Gasteiger partial charge in [0, 0.05) is 11.7 Å². The van der Waals surface area contributed by atoms with E-state index in [0.29, 0.717) is 0 Å². The molecule has 4 nitrogen and oxygen atoms in total. The van der Waals surface area contributed by atoms with Crippen LogP contribution in [0.1, 0.15) is 31.0 Å². The lowest BCUT2D eigenvalue weighted by atomic mass is 10.1. The Morgan fingerprint density at radius 1 is 1.10 bits per heavy atom. The van der Waals surface area contributed by atoms with Crippen LogP contribution in [0, 0.1) is 0 Å². The number of aryl methyl sites for hydroxylation is 1. The van der Waals surface area contributed by atoms with Gasteiger partial charge in [0.2, 0.25) is 0 Å². The Morgan fingerprint density at radius 2 is 1.86 bits per heavy atom. The maximum Gasteiger partial charge on any atom is 0.323 e. The van der Waals surface area contributed by atoms with Gasteiger partial charge < -0.3 is 15.3 Å². The van der Waals surface area contributed by atoms with Crippen molar-refractivity contribution in [1.29, 1.82) is 0 Å². The van der Waals surface area contributed by atoms with Gasteiger partial charge in [0.15, 0.2) is 0 Å². The molecule has 2 aromatic carbocycles. The number of para-hydroxylation sites is 1. The van der Waals surface area contributed by atoms with Crippen LogP contribution >= 0.6 is 0 Å². The second-order valence-electron chi connectivity index (χ2n) is 5.26. The summed E-state index contributed by atoms with van der Waals surface area (Å²) in [6.07, 6.45) is 1.00. The van der Waals surface area contributed by atoms with Gasteiger partial charge in [-0.3, -0.25) is 0 Å². The molecule has 0 amide bonds. The molecule has 0 radical (unpaired) electrons. The normalized spacial score (nSPS) is 12.5. The molecule has 1 atom stereocenters. The highest BCUT2D eigenvalue weighted by atomic mass is 16.1. The highest BCUT2D eigenvalue weighted by Gasteiger charge is 2.09. The second kappa shape index (κ2) is 5.48. The summed E-state index contributed by atoms with van der Waals surface area (Å²) in [7, 11) is 0. The van der Waals surface area contributed by atoms with Gasteiger partial charge in [-0.15, -0.1) is 0 Å². The van der Waals surface area contributed by atoms with Crippen molar-refractivity contribution in [2.24, 2.45) is 0 Å². The van der Waals surface area contributed by atoms with E-state index in [1.54, 1.807) is 0 Å². The fourth-order valence-electron chi connectivity index (χ4n) is 2.61. The monoisotopic (exact) mass is 281 g/mol. The lowest BCUT2D eigenvalue weighted by Crippen LogP contribution is -2.08. The van der Waals surface area contributed by atoms with E-state index >= 15 is 0 Å². The molecule has 0 bridgehead atoms. The summed E-state index contributed by atoms with van der Waals surface area (Å²) in [5.41, 5.74) is 5.12. The molecule has 0 spiro atoms. The van der Waals surface area contributed by atoms with Crippen LogP contribution < -0.4 is 11.0 Å². The predicted molar refractivity (Wildman–Crippen MR) is 86.8 cm³/mol. The van der Waals surface area contributed by atoms with Gasteiger partial charge in [0.1, 0.15) is 0 Å². The summed E-state index contributed by atoms with van der Waals surface area (Å²) >= 11 is 0. The van der Waals surface area contributed by atoms with E-state index in [1.165, 1.54) is 5.56 Å². The van der Waals surface area contributed by atoms with E-state index in [1.807, 2.05) is 24.3 Å². The highest BCUT2D eigenvalue weighted by Crippen LogP contribution is 2.24. The summed E-state index contributed by atoms with van der Waals surface area (Å²) in [5, 5.41) is 3.55. The molecule has 0 saturated carbocycles. The average molecular weight is 281 g/mol. The molecular weight excluding hydrogens is 262 g/mol. The van der Waals surface area contributed by atoms with Crippen molar-refractivity contribution in [1.82, 2.24) is 9.97 Å². The van der Waals surface area contributed by atoms with Crippen molar-refractivity contribution in [3.8, 4) is 0 Å². The minimum Gasteiger partial charge on any atom is -0.378 e. The lowest BCUT2D eigenvalue weighted by Gasteiger charge is -2.18. The topological polar surface area (TPSA) is 60.7 Å². The molecule has 3 rings (SSSR count). The number of fused-ring (bicyclic) bond motifs is 1. The third-order valence-corrected chi connectivity index (χ3v) is 3.81. The smallest absolute Gasteiger partial charge is 0.323 e. The van der Waals surface area contributed by atoms with Gasteiger partial charge >= 0.3 is 5.69 Å². The minimum absolute atomic E-state index is 0.167. The van der Waals surface area contributed by atoms with E-state index in [9.17, 15) is 4.79 Å². The molecule has 0 aliphatic heterocycles. The number of hydrogen-bond donors (Lipinski definition) is 3. The van der Waals surface area contributed by atoms with Crippen molar-refractivity contribution >= 4 is 16.7 Å². The van der Waals surface area contributed by atoms with Crippen LogP contribution in [0.25, 0.3) is 11.0 Å². The SMILES string of the molecule is CCc1ccccc1NC(C)c1ccc2[nH]c(=O)[nH]c2c1. The summed E-state index contributed by atoms with van der Waals surface area (Å²) in [4.78, 5) is 16.9. The van der Waals surface area contributed by atoms with Crippen LogP contribution in [0.4, 0.5) is 5.69 Å². The number of nitrogens with one attached hydrogen (secondary N) is 3. The number of imidazole rings is 1. The molecule has 0 saturated heterocycles. The maximum absolute atomic E-state index is 11.3. The third kappa shape index (κ3) is 2.70. The van der Waals surface area contributed by atoms with Gasteiger partial charge in [0.25, 0.3) is 0 Å². The summed E-state index contributed by atoms with van der Waals surface area (Å²) < 4.78 is 0. The van der Waals surface area contributed by atoms with Crippen LogP contribution in [-0.4, -0.2) is 9.97 Å². The van der Waals surface area contributed by atoms with Crippen LogP contribution in [0.5, 0.6) is 0 Å². The van der Waals surface area contributed by atoms with E-state index in [0.717, 1.165) is 28.7 Å². The molecule has 1 unspecified atom stereocenters. The Hall–Kier alpha value is -2.49. The lowest BCUT2D eigenvalue weighted by molar-refractivity contribution is 0.881. The van der Waals surface area contributed by atoms with Crippen molar-refractivity contribution in [2.75, 3.05) is 5.32 Å². The second-order valence-corrected chi connectivity index (χ2v) is 5.26. The first kappa shape index (κ1) is 13.5. The first-order valence-corrected chi connectivity index (χ1v) is 7.23. The summed E-state index contributed by atoms with van der Waals surface area (Å²) in [5.74, 6) is 0. The van der Waals surface area contributed by atoms with E-state index in [-0.39, 0.29) is 11.7 Å². The largest absolute Gasteiger partial charge is 0.378 e. The number of hydrogen-bond acceptors (Lipinski definition) is 2. The van der Waals surface area contributed by atoms with Crippen molar-refractivity contribution in [2.45, 2.75) is 26.3 Å². The minimum atomic E-state index is -0.168. The molecular formula is C17H19N3O. The van der Waals surface area contributed by atoms with E-state index in [2.05, 4.69) is 47.3 Å². The molecule has 108 valence electrons. The molecule has 0 aliphatic rings. The zero-order chi connectivity index (χ0) is 14.8. The molecule has 4 heteroatoms. The van der Waals surface area contributed by atoms with Gasteiger partial charge in [-0.2, -0.15) is 0 Å². The zero-order valence-electron chi connectivity index (χ0n) is 12.2. The number of aromatic amines is 2. The number of benzene rings is 2. The third-order valence-electron chi connectivity index (χ3n) is 3.81. The van der Waals surface area contributed by atoms with E-state index < -0.39 is 0 Å². The first-order chi connectivity index (χ1) is 10.2. The maximum atomic E-state index is 11.3. The predicted octanol–water partition coefficient (Wildman–Crippen LogP) is 3.59. The number of aromatic nitrogens is 2. The first-order valence-electron chi connectivity index (χ1n) is 7.23. The number of H-pyrrole nitrogens is 2. The highest BCUT2D eigenvalue weighted by molar-refractivity contribution is 5.75. The number of anilines is 1.